The fraction of sp³-hybridized carbons (Fsp3) is 0.0952. The van der Waals surface area contributed by atoms with Gasteiger partial charge in [-0.3, -0.25) is 4.79 Å². The van der Waals surface area contributed by atoms with E-state index in [4.69, 9.17) is 4.74 Å². The molecule has 4 heteroatoms. The number of carbonyl (C=O) groups is 1. The number of nitrogens with one attached hydrogen (secondary N) is 1. The van der Waals surface area contributed by atoms with Crippen molar-refractivity contribution in [1.29, 1.82) is 0 Å². The standard InChI is InChI=1S/C21H18INO2/c22-20-13-7-6-12-19(20)21(24)23-14-16-8-4-5-9-17(16)15-25-18-10-2-1-3-11-18/h1-13H,14-15H2,(H,23,24). The SMILES string of the molecule is O=C(NCc1ccccc1COc1ccccc1)c1ccccc1I. The molecule has 0 radical (unpaired) electrons. The Bertz CT molecular complexity index is 849. The number of benzene rings is 3. The third-order valence-corrected chi connectivity index (χ3v) is 4.75. The summed E-state index contributed by atoms with van der Waals surface area (Å²) in [6.07, 6.45) is 0. The van der Waals surface area contributed by atoms with Crippen LogP contribution in [-0.4, -0.2) is 5.91 Å². The minimum atomic E-state index is -0.0659. The van der Waals surface area contributed by atoms with E-state index in [2.05, 4.69) is 27.9 Å². The highest BCUT2D eigenvalue weighted by atomic mass is 127. The molecule has 1 amide bonds. The molecule has 0 aliphatic carbocycles. The second kappa shape index (κ2) is 8.67. The summed E-state index contributed by atoms with van der Waals surface area (Å²) in [6.45, 7) is 0.942. The molecule has 126 valence electrons. The molecule has 0 aliphatic rings. The van der Waals surface area contributed by atoms with E-state index < -0.39 is 0 Å². The average molecular weight is 443 g/mol. The van der Waals surface area contributed by atoms with Gasteiger partial charge in [-0.25, -0.2) is 0 Å². The van der Waals surface area contributed by atoms with Gasteiger partial charge in [0.25, 0.3) is 5.91 Å². The quantitative estimate of drug-likeness (QED) is 0.556. The Kier molecular flexibility index (Phi) is 6.06. The smallest absolute Gasteiger partial charge is 0.252 e. The van der Waals surface area contributed by atoms with Crippen molar-refractivity contribution in [2.24, 2.45) is 0 Å². The van der Waals surface area contributed by atoms with Gasteiger partial charge in [0.15, 0.2) is 0 Å². The fourth-order valence-electron chi connectivity index (χ4n) is 2.46. The first-order chi connectivity index (χ1) is 12.2. The maximum atomic E-state index is 12.4. The Morgan fingerprint density at radius 2 is 1.48 bits per heavy atom. The molecule has 0 heterocycles. The normalized spacial score (nSPS) is 10.3. The topological polar surface area (TPSA) is 38.3 Å². The van der Waals surface area contributed by atoms with E-state index in [1.807, 2.05) is 78.9 Å². The third kappa shape index (κ3) is 4.82. The van der Waals surface area contributed by atoms with E-state index in [1.54, 1.807) is 0 Å². The lowest BCUT2D eigenvalue weighted by Gasteiger charge is -2.12. The van der Waals surface area contributed by atoms with E-state index in [9.17, 15) is 4.79 Å². The van der Waals surface area contributed by atoms with Crippen LogP contribution in [0.2, 0.25) is 0 Å². The van der Waals surface area contributed by atoms with Crippen molar-refractivity contribution < 1.29 is 9.53 Å². The van der Waals surface area contributed by atoms with E-state index >= 15 is 0 Å². The van der Waals surface area contributed by atoms with Crippen molar-refractivity contribution in [2.75, 3.05) is 0 Å². The maximum Gasteiger partial charge on any atom is 0.252 e. The molecule has 0 aromatic heterocycles. The van der Waals surface area contributed by atoms with Crippen LogP contribution in [0.25, 0.3) is 0 Å². The molecule has 0 bridgehead atoms. The largest absolute Gasteiger partial charge is 0.489 e. The summed E-state index contributed by atoms with van der Waals surface area (Å²) >= 11 is 2.18. The van der Waals surface area contributed by atoms with Crippen LogP contribution in [0.5, 0.6) is 5.75 Å². The van der Waals surface area contributed by atoms with E-state index in [0.717, 1.165) is 20.4 Å². The molecular formula is C21H18INO2. The summed E-state index contributed by atoms with van der Waals surface area (Å²) < 4.78 is 6.77. The van der Waals surface area contributed by atoms with Crippen LogP contribution < -0.4 is 10.1 Å². The lowest BCUT2D eigenvalue weighted by Crippen LogP contribution is -2.24. The van der Waals surface area contributed by atoms with Gasteiger partial charge < -0.3 is 10.1 Å². The molecule has 0 spiro atoms. The van der Waals surface area contributed by atoms with Gasteiger partial charge in [-0.15, -0.1) is 0 Å². The lowest BCUT2D eigenvalue weighted by atomic mass is 10.1. The Hall–Kier alpha value is -2.34. The van der Waals surface area contributed by atoms with E-state index in [1.165, 1.54) is 0 Å². The van der Waals surface area contributed by atoms with Gasteiger partial charge in [0.1, 0.15) is 12.4 Å². The Morgan fingerprint density at radius 3 is 2.24 bits per heavy atom. The zero-order chi connectivity index (χ0) is 17.5. The van der Waals surface area contributed by atoms with Crippen molar-refractivity contribution >= 4 is 28.5 Å². The van der Waals surface area contributed by atoms with Crippen LogP contribution in [0.4, 0.5) is 0 Å². The van der Waals surface area contributed by atoms with Crippen molar-refractivity contribution in [3.8, 4) is 5.75 Å². The zero-order valence-electron chi connectivity index (χ0n) is 13.6. The molecule has 3 aromatic rings. The van der Waals surface area contributed by atoms with Gasteiger partial charge >= 0.3 is 0 Å². The first-order valence-electron chi connectivity index (χ1n) is 8.01. The molecule has 3 aromatic carbocycles. The number of rotatable bonds is 6. The molecule has 25 heavy (non-hydrogen) atoms. The summed E-state index contributed by atoms with van der Waals surface area (Å²) in [6, 6.07) is 25.3. The number of hydrogen-bond acceptors (Lipinski definition) is 2. The number of ether oxygens (including phenoxy) is 1. The molecular weight excluding hydrogens is 425 g/mol. The minimum absolute atomic E-state index is 0.0659. The van der Waals surface area contributed by atoms with Gasteiger partial charge in [-0.2, -0.15) is 0 Å². The molecule has 1 N–H and O–H groups in total. The summed E-state index contributed by atoms with van der Waals surface area (Å²) in [4.78, 5) is 12.4. The number of halogens is 1. The van der Waals surface area contributed by atoms with Crippen molar-refractivity contribution in [2.45, 2.75) is 13.2 Å². The third-order valence-electron chi connectivity index (χ3n) is 3.81. The van der Waals surface area contributed by atoms with Gasteiger partial charge in [0.2, 0.25) is 0 Å². The molecule has 3 rings (SSSR count). The number of hydrogen-bond donors (Lipinski definition) is 1. The summed E-state index contributed by atoms with van der Waals surface area (Å²) in [7, 11) is 0. The lowest BCUT2D eigenvalue weighted by molar-refractivity contribution is 0.0950. The Labute approximate surface area is 161 Å². The summed E-state index contributed by atoms with van der Waals surface area (Å²) in [5.41, 5.74) is 2.81. The van der Waals surface area contributed by atoms with Crippen molar-refractivity contribution in [3.63, 3.8) is 0 Å². The van der Waals surface area contributed by atoms with Crippen molar-refractivity contribution in [3.05, 3.63) is 99.1 Å². The molecule has 0 saturated carbocycles. The maximum absolute atomic E-state index is 12.4. The fourth-order valence-corrected chi connectivity index (χ4v) is 3.10. The Morgan fingerprint density at radius 1 is 0.840 bits per heavy atom. The number of para-hydroxylation sites is 1. The monoisotopic (exact) mass is 443 g/mol. The van der Waals surface area contributed by atoms with Crippen molar-refractivity contribution in [1.82, 2.24) is 5.32 Å². The first kappa shape index (κ1) is 17.5. The first-order valence-corrected chi connectivity index (χ1v) is 9.09. The highest BCUT2D eigenvalue weighted by molar-refractivity contribution is 14.1. The predicted octanol–water partition coefficient (Wildman–Crippen LogP) is 4.80. The van der Waals surface area contributed by atoms with Crippen LogP contribution in [0.1, 0.15) is 21.5 Å². The number of carbonyl (C=O) groups excluding carboxylic acids is 1. The van der Waals surface area contributed by atoms with Crippen LogP contribution in [0.15, 0.2) is 78.9 Å². The van der Waals surface area contributed by atoms with Gasteiger partial charge in [-0.1, -0.05) is 54.6 Å². The van der Waals surface area contributed by atoms with Gasteiger partial charge in [-0.05, 0) is 58.0 Å². The molecule has 0 fully saturated rings. The second-order valence-corrected chi connectivity index (χ2v) is 6.70. The van der Waals surface area contributed by atoms with Crippen LogP contribution in [0.3, 0.4) is 0 Å². The zero-order valence-corrected chi connectivity index (χ0v) is 15.8. The summed E-state index contributed by atoms with van der Waals surface area (Å²) in [5.74, 6) is 0.768. The summed E-state index contributed by atoms with van der Waals surface area (Å²) in [5, 5.41) is 3.00. The molecule has 0 unspecified atom stereocenters. The highest BCUT2D eigenvalue weighted by Crippen LogP contribution is 2.15. The highest BCUT2D eigenvalue weighted by Gasteiger charge is 2.10. The molecule has 0 atom stereocenters. The number of amides is 1. The minimum Gasteiger partial charge on any atom is -0.489 e. The molecule has 0 aliphatic heterocycles. The predicted molar refractivity (Wildman–Crippen MR) is 108 cm³/mol. The van der Waals surface area contributed by atoms with Gasteiger partial charge in [0, 0.05) is 10.1 Å². The Balaban J connectivity index is 1.65. The second-order valence-electron chi connectivity index (χ2n) is 5.53. The molecule has 3 nitrogen and oxygen atoms in total. The van der Waals surface area contributed by atoms with E-state index in [-0.39, 0.29) is 5.91 Å². The van der Waals surface area contributed by atoms with Crippen LogP contribution in [-0.2, 0) is 13.2 Å². The molecule has 0 saturated heterocycles. The van der Waals surface area contributed by atoms with Gasteiger partial charge in [0.05, 0.1) is 5.56 Å². The average Bonchev–Trinajstić information content (AvgIpc) is 2.66. The van der Waals surface area contributed by atoms with Crippen LogP contribution >= 0.6 is 22.6 Å². The van der Waals surface area contributed by atoms with Crippen LogP contribution in [0, 0.1) is 3.57 Å². The van der Waals surface area contributed by atoms with E-state index in [0.29, 0.717) is 18.7 Å².